The molecule has 3 nitrogen and oxygen atoms in total. The summed E-state index contributed by atoms with van der Waals surface area (Å²) < 4.78 is 5.83. The van der Waals surface area contributed by atoms with Crippen molar-refractivity contribution in [1.82, 2.24) is 0 Å². The van der Waals surface area contributed by atoms with E-state index >= 15 is 0 Å². The summed E-state index contributed by atoms with van der Waals surface area (Å²) in [5, 5.41) is 21.9. The minimum absolute atomic E-state index is 0.000183. The molecule has 4 aliphatic carbocycles. The van der Waals surface area contributed by atoms with Crippen LogP contribution in [0, 0.1) is 34.5 Å². The molecular formula is C27H38O3. The zero-order valence-corrected chi connectivity index (χ0v) is 18.8. The number of hydrogen-bond acceptors (Lipinski definition) is 3. The molecule has 4 fully saturated rings. The predicted molar refractivity (Wildman–Crippen MR) is 120 cm³/mol. The maximum Gasteiger partial charge on any atom is 0.0863 e. The van der Waals surface area contributed by atoms with E-state index in [2.05, 4.69) is 44.2 Å². The summed E-state index contributed by atoms with van der Waals surface area (Å²) in [5.41, 5.74) is 2.68. The third-order valence-corrected chi connectivity index (χ3v) is 9.99. The van der Waals surface area contributed by atoms with Gasteiger partial charge in [-0.25, -0.2) is 0 Å². The van der Waals surface area contributed by atoms with Crippen molar-refractivity contribution < 1.29 is 14.9 Å². The van der Waals surface area contributed by atoms with E-state index in [1.54, 1.807) is 7.11 Å². The van der Waals surface area contributed by atoms with Gasteiger partial charge in [0, 0.05) is 12.5 Å². The number of aliphatic hydroxyl groups is 2. The van der Waals surface area contributed by atoms with Gasteiger partial charge >= 0.3 is 0 Å². The fourth-order valence-electron chi connectivity index (χ4n) is 8.37. The summed E-state index contributed by atoms with van der Waals surface area (Å²) >= 11 is 0. The lowest BCUT2D eigenvalue weighted by molar-refractivity contribution is -0.184. The SMILES string of the molecule is COC1C(O)CC[C@@]2(C)C1CC[C@@H]1[C@@H]2CC[C@]2(C)C(O)C(=Cc3ccccc3)C[C@@H]12. The highest BCUT2D eigenvalue weighted by Gasteiger charge is 2.62. The third-order valence-electron chi connectivity index (χ3n) is 9.99. The van der Waals surface area contributed by atoms with Crippen LogP contribution in [0.3, 0.4) is 0 Å². The summed E-state index contributed by atoms with van der Waals surface area (Å²) in [7, 11) is 1.78. The van der Waals surface area contributed by atoms with Crippen molar-refractivity contribution in [2.45, 2.75) is 77.1 Å². The van der Waals surface area contributed by atoms with Crippen LogP contribution in [0.15, 0.2) is 35.9 Å². The van der Waals surface area contributed by atoms with E-state index in [0.717, 1.165) is 32.1 Å². The molecule has 4 aliphatic rings. The first-order chi connectivity index (χ1) is 14.4. The Kier molecular flexibility index (Phi) is 5.16. The minimum atomic E-state index is -0.325. The van der Waals surface area contributed by atoms with Gasteiger partial charge in [-0.2, -0.15) is 0 Å². The Labute approximate surface area is 181 Å². The van der Waals surface area contributed by atoms with Crippen LogP contribution < -0.4 is 0 Å². The molecule has 0 aromatic heterocycles. The van der Waals surface area contributed by atoms with Gasteiger partial charge < -0.3 is 14.9 Å². The summed E-state index contributed by atoms with van der Waals surface area (Å²) in [6.45, 7) is 4.84. The van der Waals surface area contributed by atoms with Crippen LogP contribution in [0.25, 0.3) is 6.08 Å². The Bertz CT molecular complexity index is 804. The number of methoxy groups -OCH3 is 1. The molecular weight excluding hydrogens is 372 g/mol. The average molecular weight is 411 g/mol. The molecule has 0 spiro atoms. The van der Waals surface area contributed by atoms with Crippen molar-refractivity contribution in [3.05, 3.63) is 41.5 Å². The highest BCUT2D eigenvalue weighted by atomic mass is 16.5. The van der Waals surface area contributed by atoms with Crippen molar-refractivity contribution in [2.24, 2.45) is 34.5 Å². The molecule has 0 radical (unpaired) electrons. The molecule has 5 rings (SSSR count). The maximum atomic E-state index is 11.4. The van der Waals surface area contributed by atoms with E-state index < -0.39 is 0 Å². The standard InChI is InChI=1S/C27H38O3/c1-26-14-12-23(28)24(30-3)21(26)10-9-19-20(26)11-13-27(2)22(19)16-18(25(27)29)15-17-7-5-4-6-8-17/h4-8,15,19-25,28-29H,9-14,16H2,1-3H3/t19-,20+,21?,22+,23?,24?,25?,26-,27+/m1/s1. The number of aliphatic hydroxyl groups excluding tert-OH is 2. The van der Waals surface area contributed by atoms with Gasteiger partial charge in [0.05, 0.1) is 18.3 Å². The Morgan fingerprint density at radius 3 is 2.37 bits per heavy atom. The zero-order valence-electron chi connectivity index (χ0n) is 18.8. The molecule has 9 atom stereocenters. The van der Waals surface area contributed by atoms with Gasteiger partial charge in [0.2, 0.25) is 0 Å². The molecule has 164 valence electrons. The Balaban J connectivity index is 1.44. The monoisotopic (exact) mass is 410 g/mol. The number of benzene rings is 1. The third kappa shape index (κ3) is 2.96. The number of hydrogen-bond donors (Lipinski definition) is 2. The summed E-state index contributed by atoms with van der Waals surface area (Å²) in [5.74, 6) is 2.38. The van der Waals surface area contributed by atoms with Crippen LogP contribution in [-0.2, 0) is 4.74 Å². The van der Waals surface area contributed by atoms with Crippen molar-refractivity contribution in [2.75, 3.05) is 7.11 Å². The summed E-state index contributed by atoms with van der Waals surface area (Å²) in [4.78, 5) is 0. The number of fused-ring (bicyclic) bond motifs is 5. The Hall–Kier alpha value is -1.16. The van der Waals surface area contributed by atoms with E-state index in [1.807, 2.05) is 6.07 Å². The smallest absolute Gasteiger partial charge is 0.0863 e. The molecule has 1 aromatic rings. The van der Waals surface area contributed by atoms with Crippen LogP contribution >= 0.6 is 0 Å². The number of rotatable bonds is 2. The second-order valence-electron chi connectivity index (χ2n) is 11.2. The second-order valence-corrected chi connectivity index (χ2v) is 11.2. The molecule has 0 amide bonds. The zero-order chi connectivity index (χ0) is 21.1. The van der Waals surface area contributed by atoms with Gasteiger partial charge in [-0.1, -0.05) is 50.3 Å². The van der Waals surface area contributed by atoms with E-state index in [9.17, 15) is 10.2 Å². The van der Waals surface area contributed by atoms with E-state index in [0.29, 0.717) is 23.7 Å². The maximum absolute atomic E-state index is 11.4. The van der Waals surface area contributed by atoms with Gasteiger partial charge in [-0.15, -0.1) is 0 Å². The fourth-order valence-corrected chi connectivity index (χ4v) is 8.37. The minimum Gasteiger partial charge on any atom is -0.390 e. The summed E-state index contributed by atoms with van der Waals surface area (Å²) in [6.07, 6.45) is 9.26. The van der Waals surface area contributed by atoms with E-state index in [-0.39, 0.29) is 29.1 Å². The van der Waals surface area contributed by atoms with Gasteiger partial charge in [0.25, 0.3) is 0 Å². The Morgan fingerprint density at radius 2 is 1.63 bits per heavy atom. The molecule has 0 bridgehead atoms. The molecule has 4 unspecified atom stereocenters. The first-order valence-electron chi connectivity index (χ1n) is 12.0. The van der Waals surface area contributed by atoms with E-state index in [4.69, 9.17) is 4.74 Å². The quantitative estimate of drug-likeness (QED) is 0.716. The van der Waals surface area contributed by atoms with Crippen molar-refractivity contribution in [1.29, 1.82) is 0 Å². The second kappa shape index (κ2) is 7.46. The van der Waals surface area contributed by atoms with Crippen LogP contribution in [0.5, 0.6) is 0 Å². The molecule has 3 heteroatoms. The lowest BCUT2D eigenvalue weighted by Gasteiger charge is -2.61. The fraction of sp³-hybridized carbons (Fsp3) is 0.704. The summed E-state index contributed by atoms with van der Waals surface area (Å²) in [6, 6.07) is 10.5. The van der Waals surface area contributed by atoms with Gasteiger partial charge in [0.1, 0.15) is 0 Å². The lowest BCUT2D eigenvalue weighted by atomic mass is 9.44. The first kappa shape index (κ1) is 20.7. The molecule has 0 aliphatic heterocycles. The van der Waals surface area contributed by atoms with Gasteiger partial charge in [-0.05, 0) is 85.2 Å². The largest absolute Gasteiger partial charge is 0.390 e. The molecule has 1 aromatic carbocycles. The van der Waals surface area contributed by atoms with Crippen molar-refractivity contribution in [3.63, 3.8) is 0 Å². The normalized spacial score (nSPS) is 49.4. The predicted octanol–water partition coefficient (Wildman–Crippen LogP) is 5.07. The Morgan fingerprint density at radius 1 is 0.900 bits per heavy atom. The molecule has 0 heterocycles. The molecule has 30 heavy (non-hydrogen) atoms. The van der Waals surface area contributed by atoms with Crippen LogP contribution in [0.2, 0.25) is 0 Å². The average Bonchev–Trinajstić information content (AvgIpc) is 3.00. The van der Waals surface area contributed by atoms with Crippen molar-refractivity contribution >= 4 is 6.08 Å². The molecule has 2 N–H and O–H groups in total. The van der Waals surface area contributed by atoms with Crippen LogP contribution in [0.1, 0.15) is 64.4 Å². The highest BCUT2D eigenvalue weighted by molar-refractivity contribution is 5.55. The van der Waals surface area contributed by atoms with Crippen LogP contribution in [-0.4, -0.2) is 35.6 Å². The van der Waals surface area contributed by atoms with E-state index in [1.165, 1.54) is 24.0 Å². The van der Waals surface area contributed by atoms with Crippen LogP contribution in [0.4, 0.5) is 0 Å². The van der Waals surface area contributed by atoms with Gasteiger partial charge in [-0.3, -0.25) is 0 Å². The van der Waals surface area contributed by atoms with Crippen molar-refractivity contribution in [3.8, 4) is 0 Å². The number of ether oxygens (including phenoxy) is 1. The highest BCUT2D eigenvalue weighted by Crippen LogP contribution is 2.67. The first-order valence-corrected chi connectivity index (χ1v) is 12.0. The molecule has 0 saturated heterocycles. The molecule has 4 saturated carbocycles. The lowest BCUT2D eigenvalue weighted by Crippen LogP contribution is -2.58. The van der Waals surface area contributed by atoms with Gasteiger partial charge in [0.15, 0.2) is 0 Å². The topological polar surface area (TPSA) is 49.7 Å².